The number of nitrogens with two attached hydrogens (primary N) is 1. The van der Waals surface area contributed by atoms with Crippen LogP contribution >= 0.6 is 12.8 Å². The number of hydrogen-bond acceptors (Lipinski definition) is 2. The zero-order valence-electron chi connectivity index (χ0n) is 2.05. The van der Waals surface area contributed by atoms with Crippen molar-refractivity contribution < 1.29 is 0 Å². The lowest BCUT2D eigenvalue weighted by Crippen LogP contribution is -1.83. The minimum Gasteiger partial charge on any atom is -0.389 e. The van der Waals surface area contributed by atoms with E-state index in [1.54, 1.807) is 0 Å². The van der Waals surface area contributed by atoms with Crippen molar-refractivity contribution in [3.63, 3.8) is 0 Å². The quantitative estimate of drug-likeness (QED) is 0.234. The van der Waals surface area contributed by atoms with E-state index in [4.69, 9.17) is 0 Å². The monoisotopic (exact) mass is 76.0 g/mol. The van der Waals surface area contributed by atoms with Gasteiger partial charge in [0, 0.05) is 0 Å². The molecule has 0 aromatic carbocycles. The summed E-state index contributed by atoms with van der Waals surface area (Å²) in [5, 5.41) is 0. The van der Waals surface area contributed by atoms with E-state index in [9.17, 15) is 0 Å². The molecule has 0 fully saturated rings. The van der Waals surface area contributed by atoms with E-state index >= 15 is 0 Å². The lowest BCUT2D eigenvalue weighted by atomic mass is 11.4. The van der Waals surface area contributed by atoms with Crippen LogP contribution in [0.5, 0.6) is 0 Å². The molecule has 0 aromatic rings. The third kappa shape index (κ3) is 1.82. The minimum absolute atomic E-state index is 1.11. The van der Waals surface area contributed by atoms with Gasteiger partial charge in [-0.3, -0.25) is 0 Å². The van der Waals surface area contributed by atoms with Crippen LogP contribution in [-0.2, 0) is 0 Å². The van der Waals surface area contributed by atoms with Crippen molar-refractivity contribution in [2.45, 2.75) is 0 Å². The Bertz CT molecular complexity index is 21.2. The fourth-order valence-electron chi connectivity index (χ4n) is 0. The largest absolute Gasteiger partial charge is 0.389 e. The first kappa shape index (κ1) is 3.82. The Morgan fingerprint density at radius 3 is 2.25 bits per heavy atom. The van der Waals surface area contributed by atoms with Crippen molar-refractivity contribution in [3.8, 4) is 0 Å². The topological polar surface area (TPSA) is 38.4 Å². The molecule has 0 saturated carbocycles. The number of hydrogen-bond donors (Lipinski definition) is 2. The van der Waals surface area contributed by atoms with E-state index in [0.717, 1.165) is 6.34 Å². The zero-order chi connectivity index (χ0) is 3.41. The highest BCUT2D eigenvalue weighted by Gasteiger charge is 1.32. The molecule has 2 nitrogen and oxygen atoms in total. The smallest absolute Gasteiger partial charge is 0.0934 e. The molecule has 0 heterocycles. The SMILES string of the molecule is NC=NS. The van der Waals surface area contributed by atoms with Crippen LogP contribution in [0.4, 0.5) is 0 Å². The van der Waals surface area contributed by atoms with Gasteiger partial charge in [-0.25, -0.2) is 4.40 Å². The second kappa shape index (κ2) is 2.82. The van der Waals surface area contributed by atoms with Gasteiger partial charge in [0.25, 0.3) is 0 Å². The Morgan fingerprint density at radius 1 is 2.00 bits per heavy atom. The van der Waals surface area contributed by atoms with Crippen LogP contribution in [0.2, 0.25) is 0 Å². The Kier molecular flexibility index (Phi) is 2.69. The van der Waals surface area contributed by atoms with Gasteiger partial charge in [-0.1, -0.05) is 0 Å². The molecular weight excluding hydrogens is 72.1 g/mol. The van der Waals surface area contributed by atoms with Crippen molar-refractivity contribution in [1.29, 1.82) is 0 Å². The van der Waals surface area contributed by atoms with E-state index in [-0.39, 0.29) is 0 Å². The average Bonchev–Trinajstić information content (AvgIpc) is 1.37. The summed E-state index contributed by atoms with van der Waals surface area (Å²) in [6.07, 6.45) is 1.11. The van der Waals surface area contributed by atoms with E-state index in [0.29, 0.717) is 0 Å². The molecule has 0 bridgehead atoms. The van der Waals surface area contributed by atoms with E-state index in [1.807, 2.05) is 0 Å². The van der Waals surface area contributed by atoms with Gasteiger partial charge in [0.05, 0.1) is 6.34 Å². The highest BCUT2D eigenvalue weighted by Crippen LogP contribution is 1.59. The maximum absolute atomic E-state index is 4.66. The summed E-state index contributed by atoms with van der Waals surface area (Å²) in [4.78, 5) is 0. The summed E-state index contributed by atoms with van der Waals surface area (Å²) in [6.45, 7) is 0. The Labute approximate surface area is 30.3 Å². The minimum atomic E-state index is 1.11. The molecule has 24 valence electrons. The molecule has 0 radical (unpaired) electrons. The summed E-state index contributed by atoms with van der Waals surface area (Å²) >= 11 is 3.36. The summed E-state index contributed by atoms with van der Waals surface area (Å²) in [5.74, 6) is 0. The van der Waals surface area contributed by atoms with Gasteiger partial charge in [0.15, 0.2) is 0 Å². The molecule has 0 aromatic heterocycles. The van der Waals surface area contributed by atoms with Crippen molar-refractivity contribution in [2.24, 2.45) is 10.1 Å². The van der Waals surface area contributed by atoms with Crippen LogP contribution in [0.1, 0.15) is 0 Å². The standard InChI is InChI=1S/CH4N2S/c2-1-3-4/h1,4H,(H2,2,3). The summed E-state index contributed by atoms with van der Waals surface area (Å²) < 4.78 is 3.08. The normalized spacial score (nSPS) is 9.25. The first-order valence-electron chi connectivity index (χ1n) is 0.792. The van der Waals surface area contributed by atoms with Gasteiger partial charge in [0.1, 0.15) is 0 Å². The Morgan fingerprint density at radius 2 is 2.25 bits per heavy atom. The maximum atomic E-state index is 4.66. The highest BCUT2D eigenvalue weighted by molar-refractivity contribution is 7.78. The van der Waals surface area contributed by atoms with Crippen molar-refractivity contribution in [2.75, 3.05) is 0 Å². The Hall–Kier alpha value is -0.180. The first-order chi connectivity index (χ1) is 1.91. The van der Waals surface area contributed by atoms with Gasteiger partial charge in [-0.15, -0.1) is 0 Å². The molecule has 0 aliphatic rings. The fourth-order valence-corrected chi connectivity index (χ4v) is 0. The average molecular weight is 76.1 g/mol. The van der Waals surface area contributed by atoms with Crippen LogP contribution in [-0.4, -0.2) is 6.34 Å². The molecule has 0 rings (SSSR count). The maximum Gasteiger partial charge on any atom is 0.0934 e. The molecule has 3 heteroatoms. The van der Waals surface area contributed by atoms with Crippen molar-refractivity contribution in [1.82, 2.24) is 0 Å². The molecule has 2 N–H and O–H groups in total. The van der Waals surface area contributed by atoms with Crippen LogP contribution in [0.25, 0.3) is 0 Å². The fraction of sp³-hybridized carbons (Fsp3) is 0. The number of thiol groups is 1. The molecule has 4 heavy (non-hydrogen) atoms. The van der Waals surface area contributed by atoms with Gasteiger partial charge in [-0.2, -0.15) is 0 Å². The second-order valence-electron chi connectivity index (χ2n) is 0.265. The number of rotatable bonds is 0. The van der Waals surface area contributed by atoms with Crippen molar-refractivity contribution in [3.05, 3.63) is 0 Å². The molecule has 0 atom stereocenters. The zero-order valence-corrected chi connectivity index (χ0v) is 2.94. The number of nitrogens with zero attached hydrogens (tertiary/aromatic N) is 1. The van der Waals surface area contributed by atoms with E-state index in [2.05, 4.69) is 22.9 Å². The van der Waals surface area contributed by atoms with E-state index in [1.165, 1.54) is 0 Å². The predicted octanol–water partition coefficient (Wildman–Crippen LogP) is -0.182. The molecule has 0 aliphatic carbocycles. The molecular formula is CH4N2S. The van der Waals surface area contributed by atoms with Crippen LogP contribution in [0.15, 0.2) is 4.40 Å². The highest BCUT2D eigenvalue weighted by atomic mass is 32.1. The van der Waals surface area contributed by atoms with E-state index < -0.39 is 0 Å². The van der Waals surface area contributed by atoms with Crippen LogP contribution < -0.4 is 5.73 Å². The van der Waals surface area contributed by atoms with Crippen molar-refractivity contribution >= 4 is 19.2 Å². The third-order valence-corrected chi connectivity index (χ3v) is 0.200. The second-order valence-corrected chi connectivity index (χ2v) is 0.495. The molecule has 0 amide bonds. The molecule has 0 unspecified atom stereocenters. The first-order valence-corrected chi connectivity index (χ1v) is 1.19. The summed E-state index contributed by atoms with van der Waals surface area (Å²) in [7, 11) is 0. The Balaban J connectivity index is 2.55. The van der Waals surface area contributed by atoms with Gasteiger partial charge in [0.2, 0.25) is 0 Å². The summed E-state index contributed by atoms with van der Waals surface area (Å²) in [5.41, 5.74) is 4.66. The molecule has 0 saturated heterocycles. The third-order valence-electron chi connectivity index (χ3n) is 0.0667. The van der Waals surface area contributed by atoms with Gasteiger partial charge in [-0.05, 0) is 12.8 Å². The lowest BCUT2D eigenvalue weighted by molar-refractivity contribution is 1.79. The molecule has 0 aliphatic heterocycles. The molecule has 0 spiro atoms. The van der Waals surface area contributed by atoms with Crippen LogP contribution in [0.3, 0.4) is 0 Å². The predicted molar refractivity (Wildman–Crippen MR) is 21.7 cm³/mol. The van der Waals surface area contributed by atoms with Crippen LogP contribution in [0, 0.1) is 0 Å². The van der Waals surface area contributed by atoms with Gasteiger partial charge < -0.3 is 5.73 Å². The summed E-state index contributed by atoms with van der Waals surface area (Å²) in [6, 6.07) is 0. The van der Waals surface area contributed by atoms with Gasteiger partial charge >= 0.3 is 0 Å². The lowest BCUT2D eigenvalue weighted by Gasteiger charge is -1.54.